The Hall–Kier alpha value is -2.60. The van der Waals surface area contributed by atoms with Crippen molar-refractivity contribution in [2.45, 2.75) is 52.1 Å². The molecule has 0 spiro atoms. The standard InChI is InChI=1S/C23H27N3O2S/c1-3-25(18-10-8-16(2)9-11-18)22(27)15-26-19-12-13-29-21(19)14-20(26)23(28)24-17-6-4-5-7-17/h8-14,17H,3-7,15H2,1-2H3,(H,24,28). The van der Waals surface area contributed by atoms with Crippen LogP contribution in [0.25, 0.3) is 10.2 Å². The number of rotatable bonds is 6. The summed E-state index contributed by atoms with van der Waals surface area (Å²) in [6.45, 7) is 4.74. The van der Waals surface area contributed by atoms with E-state index < -0.39 is 0 Å². The van der Waals surface area contributed by atoms with Crippen LogP contribution in [0.3, 0.4) is 0 Å². The second-order valence-corrected chi connectivity index (χ2v) is 8.66. The van der Waals surface area contributed by atoms with Gasteiger partial charge in [0.2, 0.25) is 5.91 Å². The van der Waals surface area contributed by atoms with Gasteiger partial charge in [-0.2, -0.15) is 0 Å². The Bertz CT molecular complexity index is 1010. The molecule has 1 aliphatic rings. The Labute approximate surface area is 175 Å². The molecule has 0 saturated heterocycles. The summed E-state index contributed by atoms with van der Waals surface area (Å²) in [5.74, 6) is -0.0959. The zero-order chi connectivity index (χ0) is 20.4. The molecular weight excluding hydrogens is 382 g/mol. The largest absolute Gasteiger partial charge is 0.348 e. The molecule has 1 aromatic carbocycles. The predicted molar refractivity (Wildman–Crippen MR) is 119 cm³/mol. The third-order valence-corrected chi connectivity index (χ3v) is 6.56. The minimum Gasteiger partial charge on any atom is -0.348 e. The Kier molecular flexibility index (Phi) is 5.72. The highest BCUT2D eigenvalue weighted by molar-refractivity contribution is 7.17. The number of aryl methyl sites for hydroxylation is 1. The van der Waals surface area contributed by atoms with Gasteiger partial charge in [-0.15, -0.1) is 11.3 Å². The molecule has 29 heavy (non-hydrogen) atoms. The zero-order valence-electron chi connectivity index (χ0n) is 17.0. The summed E-state index contributed by atoms with van der Waals surface area (Å²) in [4.78, 5) is 27.9. The first-order valence-electron chi connectivity index (χ1n) is 10.3. The van der Waals surface area contributed by atoms with E-state index in [1.54, 1.807) is 16.2 Å². The molecule has 3 aromatic rings. The topological polar surface area (TPSA) is 54.3 Å². The Morgan fingerprint density at radius 1 is 1.17 bits per heavy atom. The number of nitrogens with zero attached hydrogens (tertiary/aromatic N) is 2. The number of thiophene rings is 1. The van der Waals surface area contributed by atoms with E-state index in [9.17, 15) is 9.59 Å². The van der Waals surface area contributed by atoms with Crippen LogP contribution in [0.4, 0.5) is 5.69 Å². The molecule has 2 heterocycles. The quantitative estimate of drug-likeness (QED) is 0.639. The van der Waals surface area contributed by atoms with Crippen LogP contribution in [-0.2, 0) is 11.3 Å². The first-order chi connectivity index (χ1) is 14.1. The van der Waals surface area contributed by atoms with Crippen molar-refractivity contribution in [3.8, 4) is 0 Å². The van der Waals surface area contributed by atoms with E-state index >= 15 is 0 Å². The van der Waals surface area contributed by atoms with Crippen molar-refractivity contribution < 1.29 is 9.59 Å². The molecular formula is C23H27N3O2S. The van der Waals surface area contributed by atoms with Gasteiger partial charge in [-0.3, -0.25) is 9.59 Å². The fourth-order valence-corrected chi connectivity index (χ4v) is 4.94. The number of carbonyl (C=O) groups excluding carboxylic acids is 2. The molecule has 4 rings (SSSR count). The highest BCUT2D eigenvalue weighted by Crippen LogP contribution is 2.27. The van der Waals surface area contributed by atoms with Crippen molar-refractivity contribution in [2.75, 3.05) is 11.4 Å². The number of hydrogen-bond donors (Lipinski definition) is 1. The van der Waals surface area contributed by atoms with E-state index in [-0.39, 0.29) is 24.4 Å². The van der Waals surface area contributed by atoms with Crippen LogP contribution in [0.2, 0.25) is 0 Å². The highest BCUT2D eigenvalue weighted by atomic mass is 32.1. The highest BCUT2D eigenvalue weighted by Gasteiger charge is 2.24. The first kappa shape index (κ1) is 19.7. The summed E-state index contributed by atoms with van der Waals surface area (Å²) < 4.78 is 2.91. The first-order valence-corrected chi connectivity index (χ1v) is 11.2. The number of amides is 2. The molecule has 5 nitrogen and oxygen atoms in total. The van der Waals surface area contributed by atoms with E-state index in [1.807, 2.05) is 60.2 Å². The van der Waals surface area contributed by atoms with Crippen molar-refractivity contribution in [3.63, 3.8) is 0 Å². The van der Waals surface area contributed by atoms with Gasteiger partial charge in [0, 0.05) is 18.3 Å². The molecule has 2 amide bonds. The van der Waals surface area contributed by atoms with E-state index in [1.165, 1.54) is 12.8 Å². The van der Waals surface area contributed by atoms with E-state index in [4.69, 9.17) is 0 Å². The van der Waals surface area contributed by atoms with Crippen molar-refractivity contribution >= 4 is 39.1 Å². The van der Waals surface area contributed by atoms with E-state index in [0.29, 0.717) is 12.2 Å². The number of anilines is 1. The lowest BCUT2D eigenvalue weighted by atomic mass is 10.2. The van der Waals surface area contributed by atoms with Crippen LogP contribution >= 0.6 is 11.3 Å². The van der Waals surface area contributed by atoms with Crippen LogP contribution in [0.5, 0.6) is 0 Å². The Morgan fingerprint density at radius 2 is 1.90 bits per heavy atom. The Morgan fingerprint density at radius 3 is 2.59 bits per heavy atom. The monoisotopic (exact) mass is 409 g/mol. The molecule has 0 unspecified atom stereocenters. The fraction of sp³-hybridized carbons (Fsp3) is 0.391. The maximum Gasteiger partial charge on any atom is 0.268 e. The van der Waals surface area contributed by atoms with Crippen LogP contribution in [-0.4, -0.2) is 29.0 Å². The molecule has 1 fully saturated rings. The number of carbonyl (C=O) groups is 2. The molecule has 152 valence electrons. The van der Waals surface area contributed by atoms with Crippen LogP contribution in [0.1, 0.15) is 48.7 Å². The van der Waals surface area contributed by atoms with Gasteiger partial charge in [-0.1, -0.05) is 30.5 Å². The van der Waals surface area contributed by atoms with Gasteiger partial charge in [0.15, 0.2) is 0 Å². The fourth-order valence-electron chi connectivity index (χ4n) is 4.11. The average Bonchev–Trinajstić information content (AvgIpc) is 3.43. The van der Waals surface area contributed by atoms with Gasteiger partial charge in [0.05, 0.1) is 10.2 Å². The maximum absolute atomic E-state index is 13.2. The number of benzene rings is 1. The van der Waals surface area contributed by atoms with Crippen molar-refractivity contribution in [2.24, 2.45) is 0 Å². The van der Waals surface area contributed by atoms with Gasteiger partial charge < -0.3 is 14.8 Å². The summed E-state index contributed by atoms with van der Waals surface area (Å²) in [6.07, 6.45) is 4.41. The SMILES string of the molecule is CCN(C(=O)Cn1c(C(=O)NC2CCCC2)cc2sccc21)c1ccc(C)cc1. The lowest BCUT2D eigenvalue weighted by molar-refractivity contribution is -0.119. The minimum atomic E-state index is -0.0773. The lowest BCUT2D eigenvalue weighted by Gasteiger charge is -2.22. The van der Waals surface area contributed by atoms with Gasteiger partial charge in [-0.05, 0) is 56.3 Å². The zero-order valence-corrected chi connectivity index (χ0v) is 17.8. The molecule has 1 aliphatic carbocycles. The summed E-state index contributed by atoms with van der Waals surface area (Å²) in [5.41, 5.74) is 3.56. The van der Waals surface area contributed by atoms with Crippen molar-refractivity contribution in [1.29, 1.82) is 0 Å². The summed E-state index contributed by atoms with van der Waals surface area (Å²) in [7, 11) is 0. The van der Waals surface area contributed by atoms with Gasteiger partial charge >= 0.3 is 0 Å². The third kappa shape index (κ3) is 4.08. The molecule has 0 atom stereocenters. The predicted octanol–water partition coefficient (Wildman–Crippen LogP) is 4.74. The molecule has 1 N–H and O–H groups in total. The molecule has 0 bridgehead atoms. The number of hydrogen-bond acceptors (Lipinski definition) is 3. The van der Waals surface area contributed by atoms with Gasteiger partial charge in [-0.25, -0.2) is 0 Å². The van der Waals surface area contributed by atoms with Gasteiger partial charge in [0.25, 0.3) is 5.91 Å². The number of aromatic nitrogens is 1. The van der Waals surface area contributed by atoms with Crippen LogP contribution in [0.15, 0.2) is 41.8 Å². The smallest absolute Gasteiger partial charge is 0.268 e. The second-order valence-electron chi connectivity index (χ2n) is 7.71. The molecule has 0 radical (unpaired) electrons. The van der Waals surface area contributed by atoms with E-state index in [2.05, 4.69) is 5.32 Å². The van der Waals surface area contributed by atoms with Gasteiger partial charge in [0.1, 0.15) is 12.2 Å². The maximum atomic E-state index is 13.2. The van der Waals surface area contributed by atoms with Crippen LogP contribution in [0, 0.1) is 6.92 Å². The second kappa shape index (κ2) is 8.41. The third-order valence-electron chi connectivity index (χ3n) is 5.70. The Balaban J connectivity index is 1.60. The molecule has 6 heteroatoms. The van der Waals surface area contributed by atoms with E-state index in [0.717, 1.165) is 34.3 Å². The average molecular weight is 410 g/mol. The normalized spacial score (nSPS) is 14.4. The number of nitrogens with one attached hydrogen (secondary N) is 1. The molecule has 2 aromatic heterocycles. The number of fused-ring (bicyclic) bond motifs is 1. The lowest BCUT2D eigenvalue weighted by Crippen LogP contribution is -2.37. The summed E-state index contributed by atoms with van der Waals surface area (Å²) >= 11 is 1.60. The molecule has 1 saturated carbocycles. The van der Waals surface area contributed by atoms with Crippen molar-refractivity contribution in [3.05, 3.63) is 53.0 Å². The summed E-state index contributed by atoms with van der Waals surface area (Å²) in [6, 6.07) is 12.1. The molecule has 0 aliphatic heterocycles. The minimum absolute atomic E-state index is 0.0185. The van der Waals surface area contributed by atoms with Crippen molar-refractivity contribution in [1.82, 2.24) is 9.88 Å². The summed E-state index contributed by atoms with van der Waals surface area (Å²) in [5, 5.41) is 5.16. The van der Waals surface area contributed by atoms with Crippen LogP contribution < -0.4 is 10.2 Å². The number of likely N-dealkylation sites (N-methyl/N-ethyl adjacent to an activating group) is 1.